The third-order valence-corrected chi connectivity index (χ3v) is 6.39. The summed E-state index contributed by atoms with van der Waals surface area (Å²) in [7, 11) is -3.53. The molecule has 6 heteroatoms. The topological polar surface area (TPSA) is 57.6 Å². The monoisotopic (exact) mass is 311 g/mol. The van der Waals surface area contributed by atoms with Crippen molar-refractivity contribution in [3.8, 4) is 0 Å². The van der Waals surface area contributed by atoms with Gasteiger partial charge in [-0.05, 0) is 31.2 Å². The lowest BCUT2D eigenvalue weighted by molar-refractivity contribution is 0.300. The Morgan fingerprint density at radius 1 is 1.15 bits per heavy atom. The van der Waals surface area contributed by atoms with Gasteiger partial charge in [0.25, 0.3) is 10.0 Å². The van der Waals surface area contributed by atoms with E-state index in [9.17, 15) is 8.42 Å². The van der Waals surface area contributed by atoms with Crippen molar-refractivity contribution in [1.82, 2.24) is 0 Å². The molecule has 0 spiro atoms. The highest BCUT2D eigenvalue weighted by Gasteiger charge is 2.25. The van der Waals surface area contributed by atoms with Crippen molar-refractivity contribution < 1.29 is 13.5 Å². The quantitative estimate of drug-likeness (QED) is 0.892. The number of nitrogens with zero attached hydrogens (tertiary/aromatic N) is 1. The Bertz CT molecular complexity index is 650. The number of benzene rings is 1. The molecule has 0 bridgehead atoms. The molecule has 2 aromatic rings. The summed E-state index contributed by atoms with van der Waals surface area (Å²) in [4.78, 5) is 0.871. The standard InChI is InChI=1S/C14H17NO3S2/c1-2-15(12-6-4-3-5-7-12)20(17,18)14-9-8-13(19-14)10-11-16/h3-9,16H,2,10-11H2,1H3. The van der Waals surface area contributed by atoms with Crippen LogP contribution in [0, 0.1) is 0 Å². The minimum Gasteiger partial charge on any atom is -0.396 e. The molecule has 1 aromatic heterocycles. The van der Waals surface area contributed by atoms with Gasteiger partial charge in [0.15, 0.2) is 0 Å². The van der Waals surface area contributed by atoms with Crippen LogP contribution >= 0.6 is 11.3 Å². The fourth-order valence-electron chi connectivity index (χ4n) is 1.94. The van der Waals surface area contributed by atoms with E-state index in [1.54, 1.807) is 24.3 Å². The van der Waals surface area contributed by atoms with Crippen LogP contribution in [0.15, 0.2) is 46.7 Å². The molecule has 1 N–H and O–H groups in total. The number of aliphatic hydroxyl groups is 1. The second-order valence-electron chi connectivity index (χ2n) is 4.20. The van der Waals surface area contributed by atoms with Crippen molar-refractivity contribution in [3.05, 3.63) is 47.3 Å². The molecule has 0 radical (unpaired) electrons. The minimum atomic E-state index is -3.53. The summed E-state index contributed by atoms with van der Waals surface area (Å²) in [5, 5.41) is 8.91. The minimum absolute atomic E-state index is 0.0240. The van der Waals surface area contributed by atoms with Gasteiger partial charge in [0, 0.05) is 24.4 Å². The van der Waals surface area contributed by atoms with E-state index in [0.29, 0.717) is 22.9 Å². The number of hydrogen-bond acceptors (Lipinski definition) is 4. The summed E-state index contributed by atoms with van der Waals surface area (Å²) in [5.74, 6) is 0. The lowest BCUT2D eigenvalue weighted by Gasteiger charge is -2.21. The molecule has 20 heavy (non-hydrogen) atoms. The summed E-state index contributed by atoms with van der Waals surface area (Å²) < 4.78 is 27.0. The number of rotatable bonds is 6. The van der Waals surface area contributed by atoms with Crippen LogP contribution in [0.1, 0.15) is 11.8 Å². The molecular weight excluding hydrogens is 294 g/mol. The van der Waals surface area contributed by atoms with E-state index in [2.05, 4.69) is 0 Å². The molecule has 0 atom stereocenters. The first-order valence-corrected chi connectivity index (χ1v) is 8.62. The molecule has 0 saturated carbocycles. The molecule has 0 unspecified atom stereocenters. The summed E-state index contributed by atoms with van der Waals surface area (Å²) >= 11 is 1.21. The molecule has 2 rings (SSSR count). The predicted octanol–water partition coefficient (Wildman–Crippen LogP) is 2.50. The Kier molecular flexibility index (Phi) is 4.80. The highest BCUT2D eigenvalue weighted by molar-refractivity contribution is 7.94. The summed E-state index contributed by atoms with van der Waals surface area (Å²) in [6, 6.07) is 12.4. The smallest absolute Gasteiger partial charge is 0.273 e. The molecule has 0 fully saturated rings. The average Bonchev–Trinajstić information content (AvgIpc) is 2.90. The molecule has 1 heterocycles. The summed E-state index contributed by atoms with van der Waals surface area (Å²) in [6.07, 6.45) is 0.484. The molecule has 0 saturated heterocycles. The first-order chi connectivity index (χ1) is 9.59. The molecule has 0 aliphatic carbocycles. The van der Waals surface area contributed by atoms with E-state index < -0.39 is 10.0 Å². The molecule has 1 aromatic carbocycles. The van der Waals surface area contributed by atoms with Crippen molar-refractivity contribution in [2.45, 2.75) is 17.6 Å². The van der Waals surface area contributed by atoms with E-state index >= 15 is 0 Å². The number of thiophene rings is 1. The van der Waals surface area contributed by atoms with Crippen LogP contribution in [0.3, 0.4) is 0 Å². The first kappa shape index (κ1) is 15.0. The van der Waals surface area contributed by atoms with Crippen LogP contribution in [-0.2, 0) is 16.4 Å². The number of aliphatic hydroxyl groups excluding tert-OH is 1. The van der Waals surface area contributed by atoms with E-state index in [0.717, 1.165) is 4.88 Å². The lowest BCUT2D eigenvalue weighted by Crippen LogP contribution is -2.30. The van der Waals surface area contributed by atoms with Crippen LogP contribution < -0.4 is 4.31 Å². The van der Waals surface area contributed by atoms with Crippen LogP contribution in [-0.4, -0.2) is 26.7 Å². The van der Waals surface area contributed by atoms with Gasteiger partial charge in [0.1, 0.15) is 4.21 Å². The fourth-order valence-corrected chi connectivity index (χ4v) is 4.87. The van der Waals surface area contributed by atoms with Crippen molar-refractivity contribution >= 4 is 27.0 Å². The second-order valence-corrected chi connectivity index (χ2v) is 7.46. The Balaban J connectivity index is 2.36. The SMILES string of the molecule is CCN(c1ccccc1)S(=O)(=O)c1ccc(CCO)s1. The van der Waals surface area contributed by atoms with Gasteiger partial charge in [-0.15, -0.1) is 11.3 Å². The zero-order chi connectivity index (χ0) is 14.6. The van der Waals surface area contributed by atoms with Crippen LogP contribution in [0.2, 0.25) is 0 Å². The van der Waals surface area contributed by atoms with E-state index in [1.165, 1.54) is 15.6 Å². The zero-order valence-electron chi connectivity index (χ0n) is 11.2. The molecule has 108 valence electrons. The van der Waals surface area contributed by atoms with Crippen molar-refractivity contribution in [2.24, 2.45) is 0 Å². The largest absolute Gasteiger partial charge is 0.396 e. The lowest BCUT2D eigenvalue weighted by atomic mass is 10.3. The highest BCUT2D eigenvalue weighted by atomic mass is 32.2. The Hall–Kier alpha value is -1.37. The van der Waals surface area contributed by atoms with Gasteiger partial charge >= 0.3 is 0 Å². The Morgan fingerprint density at radius 2 is 1.85 bits per heavy atom. The molecular formula is C14H17NO3S2. The van der Waals surface area contributed by atoms with Crippen molar-refractivity contribution in [1.29, 1.82) is 0 Å². The number of hydrogen-bond donors (Lipinski definition) is 1. The number of para-hydroxylation sites is 1. The van der Waals surface area contributed by atoms with Gasteiger partial charge in [-0.3, -0.25) is 4.31 Å². The maximum Gasteiger partial charge on any atom is 0.273 e. The average molecular weight is 311 g/mol. The van der Waals surface area contributed by atoms with Crippen LogP contribution in [0.5, 0.6) is 0 Å². The van der Waals surface area contributed by atoms with Gasteiger partial charge < -0.3 is 5.11 Å². The van der Waals surface area contributed by atoms with Gasteiger partial charge in [0.05, 0.1) is 5.69 Å². The predicted molar refractivity (Wildman–Crippen MR) is 81.8 cm³/mol. The van der Waals surface area contributed by atoms with E-state index in [-0.39, 0.29) is 6.61 Å². The second kappa shape index (κ2) is 6.39. The Morgan fingerprint density at radius 3 is 2.45 bits per heavy atom. The van der Waals surface area contributed by atoms with Gasteiger partial charge in [-0.2, -0.15) is 0 Å². The van der Waals surface area contributed by atoms with Gasteiger partial charge in [0.2, 0.25) is 0 Å². The summed E-state index contributed by atoms with van der Waals surface area (Å²) in [5.41, 5.74) is 0.659. The molecule has 0 aliphatic heterocycles. The number of anilines is 1. The zero-order valence-corrected chi connectivity index (χ0v) is 12.8. The van der Waals surface area contributed by atoms with Crippen LogP contribution in [0.25, 0.3) is 0 Å². The highest BCUT2D eigenvalue weighted by Crippen LogP contribution is 2.28. The van der Waals surface area contributed by atoms with Crippen molar-refractivity contribution in [3.63, 3.8) is 0 Å². The van der Waals surface area contributed by atoms with E-state index in [1.807, 2.05) is 25.1 Å². The van der Waals surface area contributed by atoms with Crippen molar-refractivity contribution in [2.75, 3.05) is 17.5 Å². The van der Waals surface area contributed by atoms with Crippen LogP contribution in [0.4, 0.5) is 5.69 Å². The van der Waals surface area contributed by atoms with Gasteiger partial charge in [-0.1, -0.05) is 18.2 Å². The Labute approximate surface area is 123 Å². The van der Waals surface area contributed by atoms with Gasteiger partial charge in [-0.25, -0.2) is 8.42 Å². The normalized spacial score (nSPS) is 11.5. The third-order valence-electron chi connectivity index (χ3n) is 2.87. The fraction of sp³-hybridized carbons (Fsp3) is 0.286. The maximum absolute atomic E-state index is 12.7. The molecule has 0 amide bonds. The number of sulfonamides is 1. The molecule has 4 nitrogen and oxygen atoms in total. The summed E-state index contributed by atoms with van der Waals surface area (Å²) in [6.45, 7) is 2.21. The third kappa shape index (κ3) is 3.03. The van der Waals surface area contributed by atoms with E-state index in [4.69, 9.17) is 5.11 Å². The molecule has 0 aliphatic rings. The first-order valence-electron chi connectivity index (χ1n) is 6.37. The maximum atomic E-state index is 12.7.